The predicted octanol–water partition coefficient (Wildman–Crippen LogP) is 3.24. The van der Waals surface area contributed by atoms with Gasteiger partial charge in [0.05, 0.1) is 21.8 Å². The highest BCUT2D eigenvalue weighted by Gasteiger charge is 2.11. The van der Waals surface area contributed by atoms with Gasteiger partial charge in [0.15, 0.2) is 0 Å². The fraction of sp³-hybridized carbons (Fsp3) is 0.538. The number of nitrogens with one attached hydrogen (secondary N) is 1. The van der Waals surface area contributed by atoms with Crippen LogP contribution in [0.2, 0.25) is 10.0 Å². The number of hydrogen-bond donors (Lipinski definition) is 3. The maximum absolute atomic E-state index is 10.0. The van der Waals surface area contributed by atoms with Crippen molar-refractivity contribution in [3.05, 3.63) is 27.7 Å². The van der Waals surface area contributed by atoms with Crippen molar-refractivity contribution in [2.45, 2.75) is 26.4 Å². The van der Waals surface area contributed by atoms with Gasteiger partial charge in [0.25, 0.3) is 0 Å². The quantitative estimate of drug-likeness (QED) is 0.557. The van der Waals surface area contributed by atoms with E-state index in [0.29, 0.717) is 33.8 Å². The minimum absolute atomic E-state index is 0.349. The van der Waals surface area contributed by atoms with E-state index in [1.807, 2.05) is 0 Å². The molecule has 0 heterocycles. The molecule has 0 bridgehead atoms. The van der Waals surface area contributed by atoms with Crippen molar-refractivity contribution in [3.8, 4) is 0 Å². The third-order valence-electron chi connectivity index (χ3n) is 2.72. The maximum Gasteiger partial charge on any atom is 0.0915 e. The first kappa shape index (κ1) is 15.6. The van der Waals surface area contributed by atoms with E-state index < -0.39 is 6.10 Å². The number of anilines is 1. The van der Waals surface area contributed by atoms with Gasteiger partial charge < -0.3 is 16.2 Å². The molecule has 0 saturated heterocycles. The second kappa shape index (κ2) is 7.19. The average molecular weight is 291 g/mol. The molecule has 1 unspecified atom stereocenters. The third-order valence-corrected chi connectivity index (χ3v) is 3.35. The zero-order valence-electron chi connectivity index (χ0n) is 10.7. The molecule has 1 aromatic rings. The third kappa shape index (κ3) is 4.65. The zero-order chi connectivity index (χ0) is 13.7. The summed E-state index contributed by atoms with van der Waals surface area (Å²) in [5.74, 6) is 0.648. The summed E-state index contributed by atoms with van der Waals surface area (Å²) in [4.78, 5) is 0. The van der Waals surface area contributed by atoms with Crippen LogP contribution >= 0.6 is 23.2 Å². The Balaban J connectivity index is 2.54. The monoisotopic (exact) mass is 290 g/mol. The van der Waals surface area contributed by atoms with Crippen LogP contribution in [0.15, 0.2) is 12.1 Å². The highest BCUT2D eigenvalue weighted by Crippen LogP contribution is 2.31. The lowest BCUT2D eigenvalue weighted by Gasteiger charge is -2.14. The summed E-state index contributed by atoms with van der Waals surface area (Å²) in [6.45, 7) is 5.68. The van der Waals surface area contributed by atoms with Gasteiger partial charge in [-0.05, 0) is 36.6 Å². The Hall–Kier alpha value is -0.480. The number of aliphatic hydroxyl groups excluding tert-OH is 1. The summed E-state index contributed by atoms with van der Waals surface area (Å²) in [5, 5.41) is 14.0. The standard InChI is InChI=1S/C13H20Cl2N2O/c1-8(2)3-4-17-7-12(18)9-5-10(14)13(16)11(15)6-9/h5-6,8,12,17-18H,3-4,7,16H2,1-2H3. The van der Waals surface area contributed by atoms with E-state index >= 15 is 0 Å². The molecule has 0 fully saturated rings. The molecule has 1 atom stereocenters. The van der Waals surface area contributed by atoms with Gasteiger partial charge >= 0.3 is 0 Å². The van der Waals surface area contributed by atoms with Crippen LogP contribution in [-0.2, 0) is 0 Å². The highest BCUT2D eigenvalue weighted by molar-refractivity contribution is 6.38. The van der Waals surface area contributed by atoms with E-state index in [9.17, 15) is 5.11 Å². The number of nitrogen functional groups attached to an aromatic ring is 1. The van der Waals surface area contributed by atoms with E-state index in [0.717, 1.165) is 13.0 Å². The van der Waals surface area contributed by atoms with Crippen LogP contribution in [0, 0.1) is 5.92 Å². The van der Waals surface area contributed by atoms with Crippen LogP contribution in [0.1, 0.15) is 31.9 Å². The zero-order valence-corrected chi connectivity index (χ0v) is 12.2. The van der Waals surface area contributed by atoms with Crippen molar-refractivity contribution in [1.82, 2.24) is 5.32 Å². The predicted molar refractivity (Wildman–Crippen MR) is 78.2 cm³/mol. The lowest BCUT2D eigenvalue weighted by Crippen LogP contribution is -2.23. The van der Waals surface area contributed by atoms with Crippen molar-refractivity contribution < 1.29 is 5.11 Å². The van der Waals surface area contributed by atoms with Gasteiger partial charge in [0.2, 0.25) is 0 Å². The fourth-order valence-corrected chi connectivity index (χ4v) is 2.05. The Morgan fingerprint density at radius 3 is 2.33 bits per heavy atom. The van der Waals surface area contributed by atoms with Crippen LogP contribution in [0.4, 0.5) is 5.69 Å². The number of aliphatic hydroxyl groups is 1. The fourth-order valence-electron chi connectivity index (χ4n) is 1.54. The molecular formula is C13H20Cl2N2O. The Kier molecular flexibility index (Phi) is 6.22. The van der Waals surface area contributed by atoms with Crippen LogP contribution in [0.3, 0.4) is 0 Å². The van der Waals surface area contributed by atoms with Gasteiger partial charge in [-0.25, -0.2) is 0 Å². The van der Waals surface area contributed by atoms with Gasteiger partial charge in [-0.2, -0.15) is 0 Å². The Morgan fingerprint density at radius 2 is 1.83 bits per heavy atom. The van der Waals surface area contributed by atoms with Crippen LogP contribution < -0.4 is 11.1 Å². The first-order valence-corrected chi connectivity index (χ1v) is 6.80. The van der Waals surface area contributed by atoms with E-state index in [4.69, 9.17) is 28.9 Å². The number of halogens is 2. The highest BCUT2D eigenvalue weighted by atomic mass is 35.5. The summed E-state index contributed by atoms with van der Waals surface area (Å²) < 4.78 is 0. The van der Waals surface area contributed by atoms with E-state index in [2.05, 4.69) is 19.2 Å². The molecule has 0 aliphatic carbocycles. The minimum atomic E-state index is -0.632. The average Bonchev–Trinajstić information content (AvgIpc) is 2.30. The minimum Gasteiger partial charge on any atom is -0.396 e. The molecule has 0 amide bonds. The second-order valence-electron chi connectivity index (χ2n) is 4.80. The number of hydrogen-bond acceptors (Lipinski definition) is 3. The first-order valence-electron chi connectivity index (χ1n) is 6.05. The second-order valence-corrected chi connectivity index (χ2v) is 5.62. The lowest BCUT2D eigenvalue weighted by molar-refractivity contribution is 0.174. The molecule has 4 N–H and O–H groups in total. The van der Waals surface area contributed by atoms with Gasteiger partial charge in [0, 0.05) is 6.54 Å². The Labute approximate surface area is 118 Å². The van der Waals surface area contributed by atoms with Gasteiger partial charge in [-0.1, -0.05) is 37.0 Å². The topological polar surface area (TPSA) is 58.3 Å². The van der Waals surface area contributed by atoms with E-state index in [-0.39, 0.29) is 0 Å². The number of nitrogens with two attached hydrogens (primary N) is 1. The van der Waals surface area contributed by atoms with Crippen molar-refractivity contribution >= 4 is 28.9 Å². The Bertz CT molecular complexity index is 374. The molecule has 5 heteroatoms. The molecule has 1 rings (SSSR count). The summed E-state index contributed by atoms with van der Waals surface area (Å²) in [5.41, 5.74) is 6.67. The molecule has 18 heavy (non-hydrogen) atoms. The molecule has 102 valence electrons. The molecule has 0 aliphatic rings. The van der Waals surface area contributed by atoms with Crippen molar-refractivity contribution in [2.75, 3.05) is 18.8 Å². The van der Waals surface area contributed by atoms with E-state index in [1.165, 1.54) is 0 Å². The molecule has 0 spiro atoms. The smallest absolute Gasteiger partial charge is 0.0915 e. The normalized spacial score (nSPS) is 13.0. The largest absolute Gasteiger partial charge is 0.396 e. The molecule has 0 saturated carbocycles. The first-order chi connectivity index (χ1) is 8.41. The SMILES string of the molecule is CC(C)CCNCC(O)c1cc(Cl)c(N)c(Cl)c1. The van der Waals surface area contributed by atoms with E-state index in [1.54, 1.807) is 12.1 Å². The van der Waals surface area contributed by atoms with Crippen LogP contribution in [-0.4, -0.2) is 18.2 Å². The molecule has 1 aromatic carbocycles. The Morgan fingerprint density at radius 1 is 1.28 bits per heavy atom. The van der Waals surface area contributed by atoms with Crippen molar-refractivity contribution in [2.24, 2.45) is 5.92 Å². The van der Waals surface area contributed by atoms with Gasteiger partial charge in [0.1, 0.15) is 0 Å². The molecular weight excluding hydrogens is 271 g/mol. The summed E-state index contributed by atoms with van der Waals surface area (Å²) >= 11 is 11.9. The number of benzene rings is 1. The van der Waals surface area contributed by atoms with Gasteiger partial charge in [-0.15, -0.1) is 0 Å². The van der Waals surface area contributed by atoms with Crippen molar-refractivity contribution in [1.29, 1.82) is 0 Å². The molecule has 0 aliphatic heterocycles. The summed E-state index contributed by atoms with van der Waals surface area (Å²) in [6.07, 6.45) is 0.448. The molecule has 0 radical (unpaired) electrons. The molecule has 0 aromatic heterocycles. The number of rotatable bonds is 6. The van der Waals surface area contributed by atoms with Crippen molar-refractivity contribution in [3.63, 3.8) is 0 Å². The van der Waals surface area contributed by atoms with Gasteiger partial charge in [-0.3, -0.25) is 0 Å². The van der Waals surface area contributed by atoms with Crippen LogP contribution in [0.25, 0.3) is 0 Å². The summed E-state index contributed by atoms with van der Waals surface area (Å²) in [6, 6.07) is 3.30. The van der Waals surface area contributed by atoms with Crippen LogP contribution in [0.5, 0.6) is 0 Å². The summed E-state index contributed by atoms with van der Waals surface area (Å²) in [7, 11) is 0. The maximum atomic E-state index is 10.0. The molecule has 3 nitrogen and oxygen atoms in total. The lowest BCUT2D eigenvalue weighted by atomic mass is 10.1.